The molecule has 0 radical (unpaired) electrons. The standard InChI is InChI=1S/C13H10FNO2S/c14-10-2-1-3-12(6-10)18-8-11-5-4-9(7-15-11)13(16)17/h1-7H,8H2,(H,16,17). The number of nitrogens with zero attached hydrogens (tertiary/aromatic N) is 1. The lowest BCUT2D eigenvalue weighted by Gasteiger charge is -2.02. The molecule has 0 fully saturated rings. The number of benzene rings is 1. The van der Waals surface area contributed by atoms with Crippen molar-refractivity contribution in [3.05, 3.63) is 59.7 Å². The number of aromatic nitrogens is 1. The highest BCUT2D eigenvalue weighted by atomic mass is 32.2. The molecule has 0 saturated carbocycles. The average molecular weight is 263 g/mol. The van der Waals surface area contributed by atoms with Gasteiger partial charge in [-0.1, -0.05) is 6.07 Å². The van der Waals surface area contributed by atoms with Gasteiger partial charge in [0, 0.05) is 16.8 Å². The zero-order chi connectivity index (χ0) is 13.0. The number of carboxylic acids is 1. The maximum atomic E-state index is 12.9. The van der Waals surface area contributed by atoms with Crippen LogP contribution in [0.1, 0.15) is 16.1 Å². The second kappa shape index (κ2) is 5.64. The van der Waals surface area contributed by atoms with Gasteiger partial charge in [0.25, 0.3) is 0 Å². The van der Waals surface area contributed by atoms with Crippen molar-refractivity contribution in [3.8, 4) is 0 Å². The monoisotopic (exact) mass is 263 g/mol. The molecule has 0 amide bonds. The highest BCUT2D eigenvalue weighted by molar-refractivity contribution is 7.98. The Morgan fingerprint density at radius 3 is 2.78 bits per heavy atom. The molecule has 0 aliphatic rings. The molecule has 0 unspecified atom stereocenters. The molecule has 92 valence electrons. The van der Waals surface area contributed by atoms with E-state index in [0.29, 0.717) is 5.75 Å². The van der Waals surface area contributed by atoms with Gasteiger partial charge in [-0.3, -0.25) is 4.98 Å². The molecule has 5 heteroatoms. The zero-order valence-corrected chi connectivity index (χ0v) is 10.2. The van der Waals surface area contributed by atoms with Crippen molar-refractivity contribution < 1.29 is 14.3 Å². The molecule has 0 spiro atoms. The largest absolute Gasteiger partial charge is 0.478 e. The molecule has 18 heavy (non-hydrogen) atoms. The third-order valence-electron chi connectivity index (χ3n) is 2.25. The highest BCUT2D eigenvalue weighted by Crippen LogP contribution is 2.22. The fourth-order valence-electron chi connectivity index (χ4n) is 1.35. The van der Waals surface area contributed by atoms with Gasteiger partial charge in [-0.25, -0.2) is 9.18 Å². The summed E-state index contributed by atoms with van der Waals surface area (Å²) in [6.45, 7) is 0. The fourth-order valence-corrected chi connectivity index (χ4v) is 2.21. The van der Waals surface area contributed by atoms with Crippen LogP contribution in [-0.4, -0.2) is 16.1 Å². The number of carboxylic acid groups (broad SMARTS) is 1. The Morgan fingerprint density at radius 1 is 1.33 bits per heavy atom. The van der Waals surface area contributed by atoms with Gasteiger partial charge in [-0.05, 0) is 30.3 Å². The van der Waals surface area contributed by atoms with E-state index < -0.39 is 5.97 Å². The van der Waals surface area contributed by atoms with Crippen LogP contribution in [0.25, 0.3) is 0 Å². The SMILES string of the molecule is O=C(O)c1ccc(CSc2cccc(F)c2)nc1. The molecular formula is C13H10FNO2S. The molecule has 0 aliphatic carbocycles. The molecule has 0 saturated heterocycles. The minimum Gasteiger partial charge on any atom is -0.478 e. The van der Waals surface area contributed by atoms with Crippen molar-refractivity contribution in [1.82, 2.24) is 4.98 Å². The van der Waals surface area contributed by atoms with E-state index >= 15 is 0 Å². The number of halogens is 1. The Labute approximate surface area is 108 Å². The number of hydrogen-bond acceptors (Lipinski definition) is 3. The lowest BCUT2D eigenvalue weighted by molar-refractivity contribution is 0.0696. The number of rotatable bonds is 4. The van der Waals surface area contributed by atoms with Crippen LogP contribution in [0.5, 0.6) is 0 Å². The van der Waals surface area contributed by atoms with Crippen molar-refractivity contribution in [2.45, 2.75) is 10.6 Å². The van der Waals surface area contributed by atoms with Crippen LogP contribution in [0, 0.1) is 5.82 Å². The van der Waals surface area contributed by atoms with Crippen LogP contribution >= 0.6 is 11.8 Å². The van der Waals surface area contributed by atoms with Gasteiger partial charge in [-0.15, -0.1) is 11.8 Å². The molecule has 3 nitrogen and oxygen atoms in total. The lowest BCUT2D eigenvalue weighted by atomic mass is 10.2. The van der Waals surface area contributed by atoms with Gasteiger partial charge in [0.2, 0.25) is 0 Å². The molecule has 0 atom stereocenters. The minimum atomic E-state index is -0.994. The number of pyridine rings is 1. The molecule has 1 aromatic carbocycles. The van der Waals surface area contributed by atoms with Gasteiger partial charge in [0.15, 0.2) is 0 Å². The second-order valence-electron chi connectivity index (χ2n) is 3.59. The minimum absolute atomic E-state index is 0.162. The molecule has 1 heterocycles. The first-order valence-electron chi connectivity index (χ1n) is 5.22. The summed E-state index contributed by atoms with van der Waals surface area (Å²) in [6.07, 6.45) is 1.32. The van der Waals surface area contributed by atoms with Crippen LogP contribution in [0.15, 0.2) is 47.5 Å². The van der Waals surface area contributed by atoms with E-state index in [1.165, 1.54) is 36.2 Å². The van der Waals surface area contributed by atoms with Gasteiger partial charge in [0.1, 0.15) is 5.82 Å². The van der Waals surface area contributed by atoms with Gasteiger partial charge >= 0.3 is 5.97 Å². The smallest absolute Gasteiger partial charge is 0.337 e. The first-order valence-corrected chi connectivity index (χ1v) is 6.20. The van der Waals surface area contributed by atoms with Crippen LogP contribution in [-0.2, 0) is 5.75 Å². The molecular weight excluding hydrogens is 253 g/mol. The fraction of sp³-hybridized carbons (Fsp3) is 0.0769. The summed E-state index contributed by atoms with van der Waals surface area (Å²) in [7, 11) is 0. The van der Waals surface area contributed by atoms with E-state index in [1.807, 2.05) is 6.07 Å². The Balaban J connectivity index is 2.00. The number of aromatic carboxylic acids is 1. The maximum absolute atomic E-state index is 12.9. The second-order valence-corrected chi connectivity index (χ2v) is 4.64. The molecule has 1 aromatic heterocycles. The average Bonchev–Trinajstić information content (AvgIpc) is 2.37. The normalized spacial score (nSPS) is 10.3. The van der Waals surface area contributed by atoms with Crippen molar-refractivity contribution in [1.29, 1.82) is 0 Å². The van der Waals surface area contributed by atoms with E-state index in [2.05, 4.69) is 4.98 Å². The molecule has 1 N–H and O–H groups in total. The predicted octanol–water partition coefficient (Wildman–Crippen LogP) is 3.21. The van der Waals surface area contributed by atoms with E-state index in [4.69, 9.17) is 5.11 Å². The quantitative estimate of drug-likeness (QED) is 0.860. The van der Waals surface area contributed by atoms with Gasteiger partial charge in [0.05, 0.1) is 11.3 Å². The van der Waals surface area contributed by atoms with E-state index in [0.717, 1.165) is 10.6 Å². The van der Waals surface area contributed by atoms with Gasteiger partial charge in [-0.2, -0.15) is 0 Å². The summed E-state index contributed by atoms with van der Waals surface area (Å²) in [6, 6.07) is 9.49. The van der Waals surface area contributed by atoms with Crippen LogP contribution in [0.4, 0.5) is 4.39 Å². The summed E-state index contributed by atoms with van der Waals surface area (Å²) in [5, 5.41) is 8.73. The topological polar surface area (TPSA) is 50.2 Å². The van der Waals surface area contributed by atoms with E-state index in [-0.39, 0.29) is 11.4 Å². The van der Waals surface area contributed by atoms with Crippen LogP contribution in [0.2, 0.25) is 0 Å². The number of thioether (sulfide) groups is 1. The van der Waals surface area contributed by atoms with E-state index in [1.54, 1.807) is 12.1 Å². The predicted molar refractivity (Wildman–Crippen MR) is 67.2 cm³/mol. The Hall–Kier alpha value is -1.88. The summed E-state index contributed by atoms with van der Waals surface area (Å²) < 4.78 is 12.9. The first-order chi connectivity index (χ1) is 8.65. The third-order valence-corrected chi connectivity index (χ3v) is 3.28. The van der Waals surface area contributed by atoms with Crippen LogP contribution in [0.3, 0.4) is 0 Å². The number of carbonyl (C=O) groups is 1. The van der Waals surface area contributed by atoms with Crippen molar-refractivity contribution in [3.63, 3.8) is 0 Å². The summed E-state index contributed by atoms with van der Waals surface area (Å²) in [5.74, 6) is -0.690. The van der Waals surface area contributed by atoms with Crippen LogP contribution < -0.4 is 0 Å². The third kappa shape index (κ3) is 3.30. The Bertz CT molecular complexity index is 557. The molecule has 2 aromatic rings. The summed E-state index contributed by atoms with van der Waals surface area (Å²) in [4.78, 5) is 15.5. The summed E-state index contributed by atoms with van der Waals surface area (Å²) >= 11 is 1.45. The van der Waals surface area contributed by atoms with Gasteiger partial charge < -0.3 is 5.11 Å². The highest BCUT2D eigenvalue weighted by Gasteiger charge is 2.03. The van der Waals surface area contributed by atoms with E-state index in [9.17, 15) is 9.18 Å². The summed E-state index contributed by atoms with van der Waals surface area (Å²) in [5.41, 5.74) is 0.920. The first kappa shape index (κ1) is 12.6. The molecule has 0 bridgehead atoms. The Kier molecular flexibility index (Phi) is 3.94. The lowest BCUT2D eigenvalue weighted by Crippen LogP contribution is -1.98. The number of hydrogen-bond donors (Lipinski definition) is 1. The zero-order valence-electron chi connectivity index (χ0n) is 9.34. The maximum Gasteiger partial charge on any atom is 0.337 e. The van der Waals surface area contributed by atoms with Crippen molar-refractivity contribution >= 4 is 17.7 Å². The van der Waals surface area contributed by atoms with Crippen molar-refractivity contribution in [2.75, 3.05) is 0 Å². The Morgan fingerprint density at radius 2 is 2.17 bits per heavy atom. The van der Waals surface area contributed by atoms with Crippen molar-refractivity contribution in [2.24, 2.45) is 0 Å². The molecule has 2 rings (SSSR count). The molecule has 0 aliphatic heterocycles.